The normalized spacial score (nSPS) is 10.9. The van der Waals surface area contributed by atoms with Gasteiger partial charge in [-0.05, 0) is 73.7 Å². The van der Waals surface area contributed by atoms with Crippen LogP contribution < -0.4 is 20.1 Å². The van der Waals surface area contributed by atoms with Crippen molar-refractivity contribution >= 4 is 71.9 Å². The summed E-state index contributed by atoms with van der Waals surface area (Å²) in [5.74, 6) is 0.285. The molecule has 0 aliphatic carbocycles. The number of hydrogen-bond donors (Lipinski definition) is 3. The highest BCUT2D eigenvalue weighted by molar-refractivity contribution is 9.10. The average molecular weight is 541 g/mol. The highest BCUT2D eigenvalue weighted by atomic mass is 79.9. The highest BCUT2D eigenvalue weighted by Crippen LogP contribution is 2.29. The summed E-state index contributed by atoms with van der Waals surface area (Å²) < 4.78 is 34.4. The predicted molar refractivity (Wildman–Crippen MR) is 134 cm³/mol. The van der Waals surface area contributed by atoms with E-state index in [9.17, 15) is 8.42 Å². The molecular formula is C21H19BrClN3O3S2. The summed E-state index contributed by atoms with van der Waals surface area (Å²) >= 11 is 14.7. The average Bonchev–Trinajstić information content (AvgIpc) is 2.72. The third-order valence-corrected chi connectivity index (χ3v) is 6.44. The van der Waals surface area contributed by atoms with Crippen LogP contribution in [-0.2, 0) is 10.0 Å². The first kappa shape index (κ1) is 23.3. The Hall–Kier alpha value is -2.33. The Morgan fingerprint density at radius 2 is 1.71 bits per heavy atom. The second-order valence-electron chi connectivity index (χ2n) is 6.27. The number of hydrogen-bond acceptors (Lipinski definition) is 4. The van der Waals surface area contributed by atoms with Crippen LogP contribution in [0.15, 0.2) is 76.1 Å². The Labute approximate surface area is 200 Å². The molecule has 6 nitrogen and oxygen atoms in total. The molecule has 0 bridgehead atoms. The molecule has 0 unspecified atom stereocenters. The number of anilines is 3. The molecule has 0 radical (unpaired) electrons. The fourth-order valence-electron chi connectivity index (χ4n) is 2.65. The van der Waals surface area contributed by atoms with Crippen molar-refractivity contribution in [3.05, 3.63) is 76.2 Å². The van der Waals surface area contributed by atoms with Crippen LogP contribution in [0.1, 0.15) is 6.92 Å². The summed E-state index contributed by atoms with van der Waals surface area (Å²) in [6.45, 7) is 2.15. The Morgan fingerprint density at radius 3 is 2.39 bits per heavy atom. The van der Waals surface area contributed by atoms with Gasteiger partial charge in [-0.1, -0.05) is 39.7 Å². The standard InChI is InChI=1S/C21H19BrClN3O3S2/c1-2-29-19-12-7-14(22)13-20(19)31(27,28)26-16-10-8-15(9-11-16)24-21(30)25-18-6-4-3-5-17(18)23/h3-13,26H,2H2,1H3,(H2,24,25,30). The van der Waals surface area contributed by atoms with Crippen molar-refractivity contribution in [1.82, 2.24) is 0 Å². The Bertz CT molecular complexity index is 1190. The summed E-state index contributed by atoms with van der Waals surface area (Å²) in [6, 6.07) is 18.8. The van der Waals surface area contributed by atoms with Crippen LogP contribution in [-0.4, -0.2) is 20.1 Å². The summed E-state index contributed by atoms with van der Waals surface area (Å²) in [5.41, 5.74) is 1.77. The van der Waals surface area contributed by atoms with Crippen LogP contribution >= 0.6 is 39.7 Å². The van der Waals surface area contributed by atoms with E-state index in [2.05, 4.69) is 31.3 Å². The zero-order valence-electron chi connectivity index (χ0n) is 16.4. The van der Waals surface area contributed by atoms with Crippen LogP contribution in [0.5, 0.6) is 5.75 Å². The fourth-order valence-corrected chi connectivity index (χ4v) is 4.80. The van der Waals surface area contributed by atoms with E-state index < -0.39 is 10.0 Å². The lowest BCUT2D eigenvalue weighted by Crippen LogP contribution is -2.19. The highest BCUT2D eigenvalue weighted by Gasteiger charge is 2.20. The molecule has 3 rings (SSSR count). The maximum atomic E-state index is 12.9. The van der Waals surface area contributed by atoms with Crippen molar-refractivity contribution in [3.8, 4) is 5.75 Å². The zero-order chi connectivity index (χ0) is 22.4. The van der Waals surface area contributed by atoms with E-state index >= 15 is 0 Å². The molecule has 3 aromatic carbocycles. The van der Waals surface area contributed by atoms with Crippen molar-refractivity contribution < 1.29 is 13.2 Å². The molecule has 0 atom stereocenters. The number of sulfonamides is 1. The maximum Gasteiger partial charge on any atom is 0.265 e. The number of rotatable bonds is 7. The lowest BCUT2D eigenvalue weighted by atomic mass is 10.3. The molecule has 0 aliphatic rings. The van der Waals surface area contributed by atoms with Gasteiger partial charge in [0.1, 0.15) is 10.6 Å². The smallest absolute Gasteiger partial charge is 0.265 e. The topological polar surface area (TPSA) is 79.5 Å². The minimum Gasteiger partial charge on any atom is -0.492 e. The molecule has 0 saturated heterocycles. The summed E-state index contributed by atoms with van der Waals surface area (Å²) in [7, 11) is -3.85. The Morgan fingerprint density at radius 1 is 1.03 bits per heavy atom. The van der Waals surface area contributed by atoms with Crippen LogP contribution in [0.2, 0.25) is 5.02 Å². The minimum atomic E-state index is -3.85. The maximum absolute atomic E-state index is 12.9. The van der Waals surface area contributed by atoms with E-state index in [1.807, 2.05) is 18.2 Å². The van der Waals surface area contributed by atoms with E-state index in [-0.39, 0.29) is 10.6 Å². The Kier molecular flexibility index (Phi) is 7.77. The van der Waals surface area contributed by atoms with Gasteiger partial charge in [-0.15, -0.1) is 0 Å². The first-order valence-corrected chi connectivity index (χ1v) is 12.2. The van der Waals surface area contributed by atoms with Gasteiger partial charge < -0.3 is 15.4 Å². The van der Waals surface area contributed by atoms with Crippen molar-refractivity contribution in [2.75, 3.05) is 22.0 Å². The third kappa shape index (κ3) is 6.33. The lowest BCUT2D eigenvalue weighted by Gasteiger charge is -2.14. The summed E-state index contributed by atoms with van der Waals surface area (Å²) in [4.78, 5) is 0.0519. The van der Waals surface area contributed by atoms with Crippen LogP contribution in [0.25, 0.3) is 0 Å². The van der Waals surface area contributed by atoms with E-state index in [0.717, 1.165) is 0 Å². The molecule has 0 saturated carbocycles. The number of benzene rings is 3. The van der Waals surface area contributed by atoms with Crippen LogP contribution in [0.4, 0.5) is 17.1 Å². The van der Waals surface area contributed by atoms with E-state index in [1.54, 1.807) is 49.4 Å². The molecule has 0 heterocycles. The molecule has 0 aromatic heterocycles. The fraction of sp³-hybridized carbons (Fsp3) is 0.0952. The first-order valence-electron chi connectivity index (χ1n) is 9.16. The molecule has 162 valence electrons. The van der Waals surface area contributed by atoms with E-state index in [0.29, 0.717) is 38.3 Å². The quantitative estimate of drug-likeness (QED) is 0.314. The van der Waals surface area contributed by atoms with Gasteiger partial charge in [0, 0.05) is 15.8 Å². The molecule has 31 heavy (non-hydrogen) atoms. The van der Waals surface area contributed by atoms with Crippen molar-refractivity contribution in [2.24, 2.45) is 0 Å². The second-order valence-corrected chi connectivity index (χ2v) is 9.65. The molecule has 3 aromatic rings. The number of nitrogens with one attached hydrogen (secondary N) is 3. The monoisotopic (exact) mass is 539 g/mol. The number of halogens is 2. The predicted octanol–water partition coefficient (Wildman–Crippen LogP) is 6.11. The number of thiocarbonyl (C=S) groups is 1. The third-order valence-electron chi connectivity index (χ3n) is 4.01. The van der Waals surface area contributed by atoms with Crippen molar-refractivity contribution in [3.63, 3.8) is 0 Å². The van der Waals surface area contributed by atoms with Gasteiger partial charge in [0.25, 0.3) is 10.0 Å². The first-order chi connectivity index (χ1) is 14.8. The number of ether oxygens (including phenoxy) is 1. The van der Waals surface area contributed by atoms with Gasteiger partial charge in [0.15, 0.2) is 5.11 Å². The van der Waals surface area contributed by atoms with Crippen molar-refractivity contribution in [2.45, 2.75) is 11.8 Å². The largest absolute Gasteiger partial charge is 0.492 e. The molecule has 0 spiro atoms. The van der Waals surface area contributed by atoms with E-state index in [4.69, 9.17) is 28.6 Å². The van der Waals surface area contributed by atoms with Gasteiger partial charge >= 0.3 is 0 Å². The zero-order valence-corrected chi connectivity index (χ0v) is 20.3. The second kappa shape index (κ2) is 10.3. The lowest BCUT2D eigenvalue weighted by molar-refractivity contribution is 0.331. The van der Waals surface area contributed by atoms with Gasteiger partial charge in [-0.25, -0.2) is 8.42 Å². The SMILES string of the molecule is CCOc1ccc(Br)cc1S(=O)(=O)Nc1ccc(NC(=S)Nc2ccccc2Cl)cc1. The number of para-hydroxylation sites is 1. The van der Waals surface area contributed by atoms with Gasteiger partial charge in [-0.3, -0.25) is 4.72 Å². The van der Waals surface area contributed by atoms with Gasteiger partial charge in [0.2, 0.25) is 0 Å². The van der Waals surface area contributed by atoms with Gasteiger partial charge in [0.05, 0.1) is 17.3 Å². The summed E-state index contributed by atoms with van der Waals surface area (Å²) in [6.07, 6.45) is 0. The van der Waals surface area contributed by atoms with Crippen LogP contribution in [0, 0.1) is 0 Å². The molecule has 10 heteroatoms. The van der Waals surface area contributed by atoms with Gasteiger partial charge in [-0.2, -0.15) is 0 Å². The van der Waals surface area contributed by atoms with E-state index in [1.165, 1.54) is 6.07 Å². The summed E-state index contributed by atoms with van der Waals surface area (Å²) in [5, 5.41) is 6.96. The molecule has 0 fully saturated rings. The minimum absolute atomic E-state index is 0.0519. The Balaban J connectivity index is 1.70. The molecular weight excluding hydrogens is 522 g/mol. The molecule has 3 N–H and O–H groups in total. The molecule has 0 amide bonds. The van der Waals surface area contributed by atoms with Crippen molar-refractivity contribution in [1.29, 1.82) is 0 Å². The van der Waals surface area contributed by atoms with Crippen LogP contribution in [0.3, 0.4) is 0 Å². The molecule has 0 aliphatic heterocycles.